The molecule has 0 aromatic heterocycles. The first-order valence-electron chi connectivity index (χ1n) is 10.5. The highest BCUT2D eigenvalue weighted by Crippen LogP contribution is 2.20. The summed E-state index contributed by atoms with van der Waals surface area (Å²) < 4.78 is 5.94. The third-order valence-corrected chi connectivity index (χ3v) is 5.06. The summed E-state index contributed by atoms with van der Waals surface area (Å²) in [5, 5.41) is 6.49. The van der Waals surface area contributed by atoms with Crippen LogP contribution in [-0.4, -0.2) is 56.7 Å². The minimum Gasteiger partial charge on any atom is -0.378 e. The summed E-state index contributed by atoms with van der Waals surface area (Å²) in [6.07, 6.45) is 8.24. The van der Waals surface area contributed by atoms with Crippen molar-refractivity contribution in [1.82, 2.24) is 15.5 Å². The second-order valence-corrected chi connectivity index (χ2v) is 7.40. The average molecular weight is 389 g/mol. The molecule has 0 bridgehead atoms. The van der Waals surface area contributed by atoms with E-state index >= 15 is 0 Å². The van der Waals surface area contributed by atoms with E-state index in [1.807, 2.05) is 37.4 Å². The molecule has 0 heterocycles. The van der Waals surface area contributed by atoms with Gasteiger partial charge in [-0.15, -0.1) is 0 Å². The second kappa shape index (κ2) is 13.2. The summed E-state index contributed by atoms with van der Waals surface area (Å²) in [6.45, 7) is 2.80. The number of nitrogens with zero attached hydrogens (tertiary/aromatic N) is 2. The smallest absolute Gasteiger partial charge is 0.224 e. The molecule has 1 aliphatic rings. The van der Waals surface area contributed by atoms with Crippen LogP contribution in [0.4, 0.5) is 0 Å². The van der Waals surface area contributed by atoms with Gasteiger partial charge < -0.3 is 20.3 Å². The molecule has 28 heavy (non-hydrogen) atoms. The van der Waals surface area contributed by atoms with Crippen LogP contribution in [0.2, 0.25) is 0 Å². The molecule has 2 rings (SSSR count). The van der Waals surface area contributed by atoms with Gasteiger partial charge in [-0.05, 0) is 24.8 Å². The fraction of sp³-hybridized carbons (Fsp3) is 0.636. The summed E-state index contributed by atoms with van der Waals surface area (Å²) in [5.41, 5.74) is 1.14. The molecule has 0 saturated heterocycles. The fourth-order valence-corrected chi connectivity index (χ4v) is 3.41. The summed E-state index contributed by atoms with van der Waals surface area (Å²) in [4.78, 5) is 18.2. The Hall–Kier alpha value is -2.08. The fourth-order valence-electron chi connectivity index (χ4n) is 3.41. The largest absolute Gasteiger partial charge is 0.378 e. The van der Waals surface area contributed by atoms with Crippen molar-refractivity contribution in [2.45, 2.75) is 57.6 Å². The molecule has 1 amide bonds. The third-order valence-electron chi connectivity index (χ3n) is 5.06. The molecule has 6 nitrogen and oxygen atoms in total. The SMILES string of the molecule is CN=C(NCCCOC1CCCCC1)NCCC(=O)N(C)Cc1ccccc1. The van der Waals surface area contributed by atoms with E-state index < -0.39 is 0 Å². The summed E-state index contributed by atoms with van der Waals surface area (Å²) in [6, 6.07) is 10.0. The number of amides is 1. The van der Waals surface area contributed by atoms with Crippen LogP contribution in [0.3, 0.4) is 0 Å². The van der Waals surface area contributed by atoms with Crippen molar-refractivity contribution in [3.63, 3.8) is 0 Å². The number of benzene rings is 1. The minimum atomic E-state index is 0.118. The molecule has 0 aliphatic heterocycles. The van der Waals surface area contributed by atoms with Gasteiger partial charge in [0.25, 0.3) is 0 Å². The molecule has 0 atom stereocenters. The van der Waals surface area contributed by atoms with Crippen molar-refractivity contribution in [2.24, 2.45) is 4.99 Å². The van der Waals surface area contributed by atoms with Crippen LogP contribution < -0.4 is 10.6 Å². The Morgan fingerprint density at radius 2 is 1.86 bits per heavy atom. The van der Waals surface area contributed by atoms with Crippen LogP contribution in [0.15, 0.2) is 35.3 Å². The number of hydrogen-bond acceptors (Lipinski definition) is 3. The molecule has 1 fully saturated rings. The molecular weight excluding hydrogens is 352 g/mol. The molecule has 1 aliphatic carbocycles. The van der Waals surface area contributed by atoms with E-state index in [2.05, 4.69) is 15.6 Å². The monoisotopic (exact) mass is 388 g/mol. The predicted molar refractivity (Wildman–Crippen MR) is 114 cm³/mol. The Labute approximate surface area is 169 Å². The number of guanidine groups is 1. The van der Waals surface area contributed by atoms with E-state index in [1.165, 1.54) is 32.1 Å². The molecule has 156 valence electrons. The maximum Gasteiger partial charge on any atom is 0.224 e. The van der Waals surface area contributed by atoms with E-state index in [9.17, 15) is 4.79 Å². The zero-order chi connectivity index (χ0) is 20.0. The molecule has 1 saturated carbocycles. The van der Waals surface area contributed by atoms with Crippen LogP contribution in [0.5, 0.6) is 0 Å². The number of nitrogens with one attached hydrogen (secondary N) is 2. The van der Waals surface area contributed by atoms with E-state index in [4.69, 9.17) is 4.74 Å². The zero-order valence-electron chi connectivity index (χ0n) is 17.5. The number of hydrogen-bond donors (Lipinski definition) is 2. The number of carbonyl (C=O) groups excluding carboxylic acids is 1. The summed E-state index contributed by atoms with van der Waals surface area (Å²) in [5.74, 6) is 0.851. The molecule has 2 N–H and O–H groups in total. The van der Waals surface area contributed by atoms with E-state index in [0.29, 0.717) is 25.6 Å². The lowest BCUT2D eigenvalue weighted by molar-refractivity contribution is -0.130. The average Bonchev–Trinajstić information content (AvgIpc) is 2.73. The van der Waals surface area contributed by atoms with Crippen LogP contribution in [-0.2, 0) is 16.1 Å². The van der Waals surface area contributed by atoms with E-state index in [0.717, 1.165) is 31.1 Å². The molecule has 1 aromatic rings. The lowest BCUT2D eigenvalue weighted by Gasteiger charge is -2.22. The van der Waals surface area contributed by atoms with Crippen molar-refractivity contribution in [1.29, 1.82) is 0 Å². The molecular formula is C22H36N4O2. The molecule has 6 heteroatoms. The topological polar surface area (TPSA) is 66.0 Å². The van der Waals surface area contributed by atoms with E-state index in [-0.39, 0.29) is 5.91 Å². The highest BCUT2D eigenvalue weighted by atomic mass is 16.5. The van der Waals surface area contributed by atoms with Crippen LogP contribution >= 0.6 is 0 Å². The molecule has 0 spiro atoms. The summed E-state index contributed by atoms with van der Waals surface area (Å²) >= 11 is 0. The Bertz CT molecular complexity index is 585. The van der Waals surface area contributed by atoms with Gasteiger partial charge in [0.05, 0.1) is 6.10 Å². The second-order valence-electron chi connectivity index (χ2n) is 7.40. The van der Waals surface area contributed by atoms with Gasteiger partial charge in [-0.1, -0.05) is 49.6 Å². The minimum absolute atomic E-state index is 0.118. The maximum absolute atomic E-state index is 12.3. The van der Waals surface area contributed by atoms with Gasteiger partial charge in [-0.3, -0.25) is 9.79 Å². The number of carbonyl (C=O) groups is 1. The molecule has 1 aromatic carbocycles. The number of ether oxygens (including phenoxy) is 1. The molecule has 0 unspecified atom stereocenters. The highest BCUT2D eigenvalue weighted by molar-refractivity contribution is 5.81. The lowest BCUT2D eigenvalue weighted by Crippen LogP contribution is -2.40. The van der Waals surface area contributed by atoms with Crippen molar-refractivity contribution in [3.8, 4) is 0 Å². The Morgan fingerprint density at radius 3 is 2.57 bits per heavy atom. The van der Waals surface area contributed by atoms with Crippen molar-refractivity contribution >= 4 is 11.9 Å². The predicted octanol–water partition coefficient (Wildman–Crippen LogP) is 2.94. The van der Waals surface area contributed by atoms with Gasteiger partial charge in [0.1, 0.15) is 0 Å². The molecule has 0 radical (unpaired) electrons. The number of aliphatic imine (C=N–C) groups is 1. The van der Waals surface area contributed by atoms with Crippen molar-refractivity contribution in [3.05, 3.63) is 35.9 Å². The van der Waals surface area contributed by atoms with Gasteiger partial charge in [-0.2, -0.15) is 0 Å². The Morgan fingerprint density at radius 1 is 1.14 bits per heavy atom. The van der Waals surface area contributed by atoms with Gasteiger partial charge in [0.2, 0.25) is 5.91 Å². The van der Waals surface area contributed by atoms with Gasteiger partial charge in [-0.25, -0.2) is 0 Å². The van der Waals surface area contributed by atoms with Crippen LogP contribution in [0.1, 0.15) is 50.5 Å². The first kappa shape index (κ1) is 22.2. The summed E-state index contributed by atoms with van der Waals surface area (Å²) in [7, 11) is 3.59. The third kappa shape index (κ3) is 8.74. The first-order chi connectivity index (χ1) is 13.7. The van der Waals surface area contributed by atoms with Gasteiger partial charge >= 0.3 is 0 Å². The first-order valence-corrected chi connectivity index (χ1v) is 10.5. The van der Waals surface area contributed by atoms with Gasteiger partial charge in [0.15, 0.2) is 5.96 Å². The van der Waals surface area contributed by atoms with Crippen LogP contribution in [0.25, 0.3) is 0 Å². The normalized spacial score (nSPS) is 15.3. The standard InChI is InChI=1S/C22H36N4O2/c1-23-22(24-15-9-17-28-20-12-7-4-8-13-20)25-16-14-21(27)26(2)18-19-10-5-3-6-11-19/h3,5-6,10-11,20H,4,7-9,12-18H2,1-2H3,(H2,23,24,25). The highest BCUT2D eigenvalue weighted by Gasteiger charge is 2.13. The zero-order valence-corrected chi connectivity index (χ0v) is 17.5. The van der Waals surface area contributed by atoms with Gasteiger partial charge in [0, 0.05) is 46.8 Å². The van der Waals surface area contributed by atoms with Crippen molar-refractivity contribution in [2.75, 3.05) is 33.8 Å². The number of rotatable bonds is 10. The van der Waals surface area contributed by atoms with E-state index in [1.54, 1.807) is 11.9 Å². The Kier molecular flexibility index (Phi) is 10.4. The van der Waals surface area contributed by atoms with Crippen LogP contribution in [0, 0.1) is 0 Å². The van der Waals surface area contributed by atoms with Crippen molar-refractivity contribution < 1.29 is 9.53 Å². The Balaban J connectivity index is 1.54. The lowest BCUT2D eigenvalue weighted by atomic mass is 9.98. The maximum atomic E-state index is 12.3. The quantitative estimate of drug-likeness (QED) is 0.367.